The van der Waals surface area contributed by atoms with Crippen molar-refractivity contribution in [2.75, 3.05) is 13.2 Å². The molecule has 0 aromatic rings. The molecule has 81 heavy (non-hydrogen) atoms. The van der Waals surface area contributed by atoms with Crippen molar-refractivity contribution in [2.24, 2.45) is 0 Å². The molecule has 6 nitrogen and oxygen atoms in total. The summed E-state index contributed by atoms with van der Waals surface area (Å²) in [5.41, 5.74) is 0. The number of ether oxygens (including phenoxy) is 3. The minimum atomic E-state index is -0.817. The smallest absolute Gasteiger partial charge is 0.306 e. The van der Waals surface area contributed by atoms with Crippen LogP contribution in [0.25, 0.3) is 0 Å². The molecule has 0 aliphatic heterocycles. The first kappa shape index (κ1) is 76.8. The van der Waals surface area contributed by atoms with Crippen LogP contribution in [0.3, 0.4) is 0 Å². The first-order valence-electron chi connectivity index (χ1n) is 34.0. The molecule has 0 radical (unpaired) electrons. The summed E-state index contributed by atoms with van der Waals surface area (Å²) >= 11 is 0. The summed E-state index contributed by atoms with van der Waals surface area (Å²) in [6, 6.07) is 0. The standard InChI is InChI=1S/C75H126O6/c1-4-7-10-13-16-19-22-25-28-31-34-36-37-39-41-44-47-50-53-56-59-62-65-68-74(77)80-71-72(70-79-73(76)67-64-61-58-55-52-49-46-43-40-33-30-27-24-21-18-15-12-9-6-3)81-75(78)69-66-63-60-57-54-51-48-45-42-38-35-32-29-26-23-20-17-14-11-8-5-2/h8-9,11-12,17-18,20-21,26-27,29-30,35,38,40,43,49,52,58,61,72H,4-7,10,13-16,19,22-25,28,31-34,36-37,39,41-42,44-48,50-51,53-57,59-60,62-71H2,1-3H3/b11-8-,12-9-,20-17-,21-18-,29-26-,30-27-,38-35-,43-40-,52-49-,61-58-. The minimum absolute atomic E-state index is 0.105. The molecule has 0 aromatic heterocycles. The van der Waals surface area contributed by atoms with Gasteiger partial charge in [-0.15, -0.1) is 0 Å². The zero-order chi connectivity index (χ0) is 58.5. The van der Waals surface area contributed by atoms with Crippen LogP contribution in [0.1, 0.15) is 316 Å². The Morgan fingerprint density at radius 3 is 0.827 bits per heavy atom. The summed E-state index contributed by atoms with van der Waals surface area (Å²) in [6.45, 7) is 6.38. The topological polar surface area (TPSA) is 78.9 Å². The van der Waals surface area contributed by atoms with Crippen LogP contribution < -0.4 is 0 Å². The Hall–Kier alpha value is -4.19. The second-order valence-corrected chi connectivity index (χ2v) is 22.3. The molecule has 0 aliphatic carbocycles. The Morgan fingerprint density at radius 2 is 0.506 bits per heavy atom. The van der Waals surface area contributed by atoms with Gasteiger partial charge in [-0.25, -0.2) is 0 Å². The highest BCUT2D eigenvalue weighted by Gasteiger charge is 2.19. The Balaban J connectivity index is 4.46. The van der Waals surface area contributed by atoms with Gasteiger partial charge < -0.3 is 14.2 Å². The van der Waals surface area contributed by atoms with Crippen LogP contribution in [-0.4, -0.2) is 37.2 Å². The van der Waals surface area contributed by atoms with Crippen LogP contribution in [0.4, 0.5) is 0 Å². The van der Waals surface area contributed by atoms with Gasteiger partial charge in [0, 0.05) is 19.3 Å². The monoisotopic (exact) mass is 1120 g/mol. The van der Waals surface area contributed by atoms with Gasteiger partial charge >= 0.3 is 17.9 Å². The van der Waals surface area contributed by atoms with Gasteiger partial charge in [-0.05, 0) is 96.3 Å². The molecule has 0 rings (SSSR count). The number of unbranched alkanes of at least 4 members (excludes halogenated alkanes) is 30. The van der Waals surface area contributed by atoms with Crippen LogP contribution >= 0.6 is 0 Å². The molecule has 0 amide bonds. The lowest BCUT2D eigenvalue weighted by atomic mass is 10.0. The zero-order valence-electron chi connectivity index (χ0n) is 53.0. The summed E-state index contributed by atoms with van der Waals surface area (Å²) in [6.07, 6.45) is 95.1. The fourth-order valence-corrected chi connectivity index (χ4v) is 9.46. The minimum Gasteiger partial charge on any atom is -0.462 e. The van der Waals surface area contributed by atoms with E-state index in [4.69, 9.17) is 14.2 Å². The van der Waals surface area contributed by atoms with Crippen molar-refractivity contribution < 1.29 is 28.6 Å². The summed E-state index contributed by atoms with van der Waals surface area (Å²) in [4.78, 5) is 38.4. The fourth-order valence-electron chi connectivity index (χ4n) is 9.46. The van der Waals surface area contributed by atoms with E-state index in [1.54, 1.807) is 0 Å². The Morgan fingerprint density at radius 1 is 0.259 bits per heavy atom. The van der Waals surface area contributed by atoms with Gasteiger partial charge in [0.2, 0.25) is 0 Å². The van der Waals surface area contributed by atoms with Gasteiger partial charge in [0.05, 0.1) is 0 Å². The van der Waals surface area contributed by atoms with Gasteiger partial charge in [-0.2, -0.15) is 0 Å². The second-order valence-electron chi connectivity index (χ2n) is 22.3. The number of carbonyl (C=O) groups excluding carboxylic acids is 3. The van der Waals surface area contributed by atoms with E-state index >= 15 is 0 Å². The molecule has 1 atom stereocenters. The largest absolute Gasteiger partial charge is 0.462 e. The Bertz CT molecular complexity index is 1670. The van der Waals surface area contributed by atoms with Crippen LogP contribution in [0.2, 0.25) is 0 Å². The maximum atomic E-state index is 12.9. The van der Waals surface area contributed by atoms with Crippen LogP contribution in [0, 0.1) is 0 Å². The molecule has 0 saturated heterocycles. The van der Waals surface area contributed by atoms with E-state index in [-0.39, 0.29) is 37.5 Å². The van der Waals surface area contributed by atoms with E-state index in [2.05, 4.69) is 136 Å². The van der Waals surface area contributed by atoms with E-state index in [0.717, 1.165) is 109 Å². The van der Waals surface area contributed by atoms with E-state index < -0.39 is 6.10 Å². The van der Waals surface area contributed by atoms with Crippen molar-refractivity contribution in [1.82, 2.24) is 0 Å². The van der Waals surface area contributed by atoms with E-state index in [1.807, 2.05) is 6.08 Å². The molecule has 0 fully saturated rings. The second kappa shape index (κ2) is 68.3. The lowest BCUT2D eigenvalue weighted by Crippen LogP contribution is -2.30. The molecule has 0 aliphatic rings. The highest BCUT2D eigenvalue weighted by molar-refractivity contribution is 5.71. The predicted octanol–water partition coefficient (Wildman–Crippen LogP) is 23.6. The van der Waals surface area contributed by atoms with E-state index in [0.29, 0.717) is 19.3 Å². The van der Waals surface area contributed by atoms with E-state index in [1.165, 1.54) is 161 Å². The molecule has 6 heteroatoms. The first-order valence-corrected chi connectivity index (χ1v) is 34.0. The normalized spacial score (nSPS) is 12.9. The van der Waals surface area contributed by atoms with Crippen molar-refractivity contribution in [3.05, 3.63) is 122 Å². The number of esters is 3. The van der Waals surface area contributed by atoms with E-state index in [9.17, 15) is 14.4 Å². The molecule has 0 heterocycles. The number of hydrogen-bond acceptors (Lipinski definition) is 6. The summed E-state index contributed by atoms with van der Waals surface area (Å²) in [5, 5.41) is 0. The number of rotatable bonds is 61. The van der Waals surface area contributed by atoms with Crippen molar-refractivity contribution in [3.63, 3.8) is 0 Å². The summed E-state index contributed by atoms with van der Waals surface area (Å²) in [5.74, 6) is -0.990. The third kappa shape index (κ3) is 66.5. The van der Waals surface area contributed by atoms with Gasteiger partial charge in [-0.3, -0.25) is 14.4 Å². The Labute approximate surface area is 501 Å². The number of carbonyl (C=O) groups is 3. The average Bonchev–Trinajstić information content (AvgIpc) is 3.47. The van der Waals surface area contributed by atoms with Gasteiger partial charge in [0.25, 0.3) is 0 Å². The van der Waals surface area contributed by atoms with Gasteiger partial charge in [0.1, 0.15) is 13.2 Å². The van der Waals surface area contributed by atoms with Crippen molar-refractivity contribution >= 4 is 17.9 Å². The number of hydrogen-bond donors (Lipinski definition) is 0. The molecule has 1 unspecified atom stereocenters. The molecule has 462 valence electrons. The zero-order valence-corrected chi connectivity index (χ0v) is 53.0. The van der Waals surface area contributed by atoms with Crippen LogP contribution in [-0.2, 0) is 28.6 Å². The number of allylic oxidation sites excluding steroid dienone is 20. The maximum Gasteiger partial charge on any atom is 0.306 e. The predicted molar refractivity (Wildman–Crippen MR) is 353 cm³/mol. The SMILES string of the molecule is CC/C=C\C/C=C\C/C=C\C/C=C\C/C=C\C/C=C\CCC(=O)OCC(COC(=O)CCCCCCCCCCCCCCCCCCCCCCCCC)OC(=O)CCCCCCCCCC/C=C\C/C=C\C/C=C\C/C=C\CC. The van der Waals surface area contributed by atoms with Crippen molar-refractivity contribution in [3.8, 4) is 0 Å². The molecule has 0 saturated carbocycles. The average molecular weight is 1120 g/mol. The summed E-state index contributed by atoms with van der Waals surface area (Å²) in [7, 11) is 0. The van der Waals surface area contributed by atoms with Gasteiger partial charge in [0.15, 0.2) is 6.10 Å². The third-order valence-corrected chi connectivity index (χ3v) is 14.5. The molecule has 0 spiro atoms. The molecule has 0 aromatic carbocycles. The highest BCUT2D eigenvalue weighted by atomic mass is 16.6. The van der Waals surface area contributed by atoms with Crippen molar-refractivity contribution in [2.45, 2.75) is 322 Å². The lowest BCUT2D eigenvalue weighted by Gasteiger charge is -2.18. The molecule has 0 bridgehead atoms. The summed E-state index contributed by atoms with van der Waals surface area (Å²) < 4.78 is 16.9. The first-order chi connectivity index (χ1) is 40.0. The van der Waals surface area contributed by atoms with Crippen LogP contribution in [0.5, 0.6) is 0 Å². The fraction of sp³-hybridized carbons (Fsp3) is 0.693. The highest BCUT2D eigenvalue weighted by Crippen LogP contribution is 2.17. The quantitative estimate of drug-likeness (QED) is 0.0261. The van der Waals surface area contributed by atoms with Crippen molar-refractivity contribution in [1.29, 1.82) is 0 Å². The maximum absolute atomic E-state index is 12.9. The molecular weight excluding hydrogens is 997 g/mol. The lowest BCUT2D eigenvalue weighted by molar-refractivity contribution is -0.166. The third-order valence-electron chi connectivity index (χ3n) is 14.5. The molecule has 0 N–H and O–H groups in total. The Kier molecular flexibility index (Phi) is 64.8. The van der Waals surface area contributed by atoms with Gasteiger partial charge in [-0.1, -0.05) is 322 Å². The molecular formula is C75H126O6. The van der Waals surface area contributed by atoms with Crippen LogP contribution in [0.15, 0.2) is 122 Å².